The molecule has 3 aromatic rings. The fourth-order valence-corrected chi connectivity index (χ4v) is 6.65. The van der Waals surface area contributed by atoms with Gasteiger partial charge in [-0.3, -0.25) is 4.57 Å². The number of methoxy groups -OCH3 is 1. The van der Waals surface area contributed by atoms with Crippen LogP contribution in [0.4, 0.5) is 0 Å². The lowest BCUT2D eigenvalue weighted by Gasteiger charge is -2.30. The molecule has 138 valence electrons. The van der Waals surface area contributed by atoms with Crippen LogP contribution in [0.25, 0.3) is 11.1 Å². The summed E-state index contributed by atoms with van der Waals surface area (Å²) in [6.07, 6.45) is 0.354. The van der Waals surface area contributed by atoms with E-state index in [1.54, 1.807) is 7.11 Å². The van der Waals surface area contributed by atoms with E-state index in [1.807, 2.05) is 62.4 Å². The standard InChI is InChI=1S/C23H23O3P/c1-15-13-16(2)23(25-4)17(3)20(15)14-27(24)22-12-8-6-10-19(22)18-9-5-7-11-21(18)26-27/h5-13H,14H2,1-4H3. The van der Waals surface area contributed by atoms with Gasteiger partial charge in [-0.1, -0.05) is 42.5 Å². The normalized spacial score (nSPS) is 17.6. The van der Waals surface area contributed by atoms with Crippen molar-refractivity contribution in [3.05, 3.63) is 76.9 Å². The maximum absolute atomic E-state index is 14.1. The van der Waals surface area contributed by atoms with Crippen molar-refractivity contribution in [2.75, 3.05) is 7.11 Å². The molecule has 0 radical (unpaired) electrons. The van der Waals surface area contributed by atoms with Gasteiger partial charge in [-0.2, -0.15) is 0 Å². The molecule has 27 heavy (non-hydrogen) atoms. The highest BCUT2D eigenvalue weighted by Crippen LogP contribution is 2.57. The van der Waals surface area contributed by atoms with E-state index >= 15 is 0 Å². The zero-order valence-corrected chi connectivity index (χ0v) is 17.0. The SMILES string of the molecule is COc1c(C)cc(C)c(CP2(=O)Oc3ccccc3-c3ccccc32)c1C. The van der Waals surface area contributed by atoms with Gasteiger partial charge in [0.05, 0.1) is 18.6 Å². The summed E-state index contributed by atoms with van der Waals surface area (Å²) in [7, 11) is -1.43. The molecule has 1 aliphatic rings. The zero-order valence-electron chi connectivity index (χ0n) is 16.1. The van der Waals surface area contributed by atoms with Gasteiger partial charge in [0.15, 0.2) is 0 Å². The lowest BCUT2D eigenvalue weighted by Crippen LogP contribution is -2.19. The molecule has 0 N–H and O–H groups in total. The summed E-state index contributed by atoms with van der Waals surface area (Å²) in [5, 5.41) is 0.794. The molecular weight excluding hydrogens is 355 g/mol. The van der Waals surface area contributed by atoms with Crippen LogP contribution in [0.3, 0.4) is 0 Å². The number of para-hydroxylation sites is 1. The summed E-state index contributed by atoms with van der Waals surface area (Å²) in [4.78, 5) is 0. The molecule has 0 saturated carbocycles. The third-order valence-electron chi connectivity index (χ3n) is 5.32. The van der Waals surface area contributed by atoms with Crippen molar-refractivity contribution in [1.82, 2.24) is 0 Å². The van der Waals surface area contributed by atoms with Crippen LogP contribution in [0.2, 0.25) is 0 Å². The molecule has 4 rings (SSSR count). The lowest BCUT2D eigenvalue weighted by molar-refractivity contribution is 0.408. The van der Waals surface area contributed by atoms with Gasteiger partial charge in [0, 0.05) is 5.56 Å². The third-order valence-corrected chi connectivity index (χ3v) is 7.67. The minimum absolute atomic E-state index is 0.354. The predicted molar refractivity (Wildman–Crippen MR) is 111 cm³/mol. The molecule has 1 unspecified atom stereocenters. The molecule has 3 aromatic carbocycles. The first kappa shape index (κ1) is 17.9. The Bertz CT molecular complexity index is 1080. The van der Waals surface area contributed by atoms with Gasteiger partial charge in [0.1, 0.15) is 11.5 Å². The molecule has 0 fully saturated rings. The fraction of sp³-hybridized carbons (Fsp3) is 0.217. The highest BCUT2D eigenvalue weighted by atomic mass is 31.2. The van der Waals surface area contributed by atoms with Crippen LogP contribution >= 0.6 is 7.37 Å². The summed E-state index contributed by atoms with van der Waals surface area (Å²) in [5.74, 6) is 1.54. The quantitative estimate of drug-likeness (QED) is 0.542. The van der Waals surface area contributed by atoms with E-state index in [0.29, 0.717) is 11.9 Å². The monoisotopic (exact) mass is 378 g/mol. The van der Waals surface area contributed by atoms with Crippen molar-refractivity contribution in [3.8, 4) is 22.6 Å². The predicted octanol–water partition coefficient (Wildman–Crippen LogP) is 5.78. The van der Waals surface area contributed by atoms with Crippen molar-refractivity contribution in [2.45, 2.75) is 26.9 Å². The van der Waals surface area contributed by atoms with E-state index < -0.39 is 7.37 Å². The average Bonchev–Trinajstić information content (AvgIpc) is 2.66. The molecule has 0 saturated heterocycles. The Morgan fingerprint density at radius 1 is 0.926 bits per heavy atom. The Morgan fingerprint density at radius 2 is 1.59 bits per heavy atom. The molecule has 0 aliphatic carbocycles. The smallest absolute Gasteiger partial charge is 0.282 e. The van der Waals surface area contributed by atoms with Crippen LogP contribution in [-0.4, -0.2) is 7.11 Å². The van der Waals surface area contributed by atoms with Gasteiger partial charge >= 0.3 is 0 Å². The van der Waals surface area contributed by atoms with Gasteiger partial charge in [0.2, 0.25) is 0 Å². The molecule has 1 heterocycles. The van der Waals surface area contributed by atoms with Gasteiger partial charge < -0.3 is 9.26 Å². The topological polar surface area (TPSA) is 35.5 Å². The summed E-state index contributed by atoms with van der Waals surface area (Å²) >= 11 is 0. The van der Waals surface area contributed by atoms with E-state index in [1.165, 1.54) is 0 Å². The highest BCUT2D eigenvalue weighted by molar-refractivity contribution is 7.67. The molecule has 0 spiro atoms. The number of rotatable bonds is 3. The lowest BCUT2D eigenvalue weighted by atomic mass is 9.99. The number of hydrogen-bond donors (Lipinski definition) is 0. The molecule has 0 aromatic heterocycles. The van der Waals surface area contributed by atoms with E-state index in [2.05, 4.69) is 13.0 Å². The van der Waals surface area contributed by atoms with E-state index in [0.717, 1.165) is 44.4 Å². The number of hydrogen-bond acceptors (Lipinski definition) is 3. The molecule has 1 atom stereocenters. The average molecular weight is 378 g/mol. The van der Waals surface area contributed by atoms with E-state index in [4.69, 9.17) is 9.26 Å². The van der Waals surface area contributed by atoms with Crippen LogP contribution in [0, 0.1) is 20.8 Å². The molecule has 1 aliphatic heterocycles. The van der Waals surface area contributed by atoms with E-state index in [9.17, 15) is 4.57 Å². The van der Waals surface area contributed by atoms with Gasteiger partial charge in [-0.05, 0) is 60.7 Å². The Labute approximate surface area is 160 Å². The number of benzene rings is 3. The van der Waals surface area contributed by atoms with Crippen molar-refractivity contribution in [3.63, 3.8) is 0 Å². The minimum atomic E-state index is -3.11. The molecule has 0 bridgehead atoms. The minimum Gasteiger partial charge on any atom is -0.496 e. The molecular formula is C23H23O3P. The summed E-state index contributed by atoms with van der Waals surface area (Å²) in [5.41, 5.74) is 6.26. The molecule has 0 amide bonds. The first-order valence-corrected chi connectivity index (χ1v) is 10.9. The Morgan fingerprint density at radius 3 is 2.33 bits per heavy atom. The van der Waals surface area contributed by atoms with Crippen LogP contribution in [0.5, 0.6) is 11.5 Å². The van der Waals surface area contributed by atoms with Crippen molar-refractivity contribution in [2.24, 2.45) is 0 Å². The summed E-state index contributed by atoms with van der Waals surface area (Å²) < 4.78 is 25.9. The number of fused-ring (bicyclic) bond motifs is 3. The first-order valence-electron chi connectivity index (χ1n) is 9.06. The maximum atomic E-state index is 14.1. The Balaban J connectivity index is 1.88. The Hall–Kier alpha value is -2.51. The van der Waals surface area contributed by atoms with Crippen molar-refractivity contribution in [1.29, 1.82) is 0 Å². The number of ether oxygens (including phenoxy) is 1. The van der Waals surface area contributed by atoms with Crippen LogP contribution in [0.15, 0.2) is 54.6 Å². The second kappa shape index (κ2) is 6.58. The molecule has 3 nitrogen and oxygen atoms in total. The largest absolute Gasteiger partial charge is 0.496 e. The maximum Gasteiger partial charge on any atom is 0.282 e. The van der Waals surface area contributed by atoms with E-state index in [-0.39, 0.29) is 0 Å². The van der Waals surface area contributed by atoms with Crippen LogP contribution in [0.1, 0.15) is 22.3 Å². The second-order valence-electron chi connectivity index (χ2n) is 7.08. The third kappa shape index (κ3) is 2.87. The zero-order chi connectivity index (χ0) is 19.2. The highest BCUT2D eigenvalue weighted by Gasteiger charge is 2.37. The van der Waals surface area contributed by atoms with Crippen LogP contribution in [-0.2, 0) is 10.7 Å². The van der Waals surface area contributed by atoms with Gasteiger partial charge in [-0.15, -0.1) is 0 Å². The number of aryl methyl sites for hydroxylation is 2. The fourth-order valence-electron chi connectivity index (χ4n) is 4.06. The summed E-state index contributed by atoms with van der Waals surface area (Å²) in [6, 6.07) is 17.8. The van der Waals surface area contributed by atoms with Crippen molar-refractivity contribution >= 4 is 12.7 Å². The van der Waals surface area contributed by atoms with Gasteiger partial charge in [0.25, 0.3) is 7.37 Å². The van der Waals surface area contributed by atoms with Crippen molar-refractivity contribution < 1.29 is 13.8 Å². The molecule has 4 heteroatoms. The van der Waals surface area contributed by atoms with Gasteiger partial charge in [-0.25, -0.2) is 0 Å². The second-order valence-corrected chi connectivity index (χ2v) is 9.41. The Kier molecular flexibility index (Phi) is 4.36. The first-order chi connectivity index (χ1) is 12.9. The van der Waals surface area contributed by atoms with Crippen LogP contribution < -0.4 is 14.6 Å². The summed E-state index contributed by atoms with van der Waals surface area (Å²) in [6.45, 7) is 6.13.